The molecule has 0 unspecified atom stereocenters. The first-order valence-electron chi connectivity index (χ1n) is 11.3. The molecular weight excluding hydrogens is 424 g/mol. The van der Waals surface area contributed by atoms with Crippen molar-refractivity contribution in [3.8, 4) is 11.8 Å². The Morgan fingerprint density at radius 3 is 2.03 bits per heavy atom. The third kappa shape index (κ3) is 5.45. The number of ether oxygens (including phenoxy) is 1. The van der Waals surface area contributed by atoms with Crippen LogP contribution in [0.1, 0.15) is 17.2 Å². The molecule has 6 nitrogen and oxygen atoms in total. The van der Waals surface area contributed by atoms with Crippen molar-refractivity contribution < 1.29 is 9.53 Å². The molecule has 4 rings (SSSR count). The van der Waals surface area contributed by atoms with Gasteiger partial charge in [-0.1, -0.05) is 72.8 Å². The Morgan fingerprint density at radius 1 is 0.912 bits per heavy atom. The Hall–Kier alpha value is -4.08. The van der Waals surface area contributed by atoms with E-state index >= 15 is 0 Å². The first kappa shape index (κ1) is 23.1. The highest BCUT2D eigenvalue weighted by Gasteiger charge is 2.26. The minimum atomic E-state index is -0.444. The Balaban J connectivity index is 1.45. The zero-order chi connectivity index (χ0) is 23.8. The van der Waals surface area contributed by atoms with Crippen molar-refractivity contribution in [2.75, 3.05) is 38.6 Å². The second-order valence-corrected chi connectivity index (χ2v) is 8.10. The van der Waals surface area contributed by atoms with Gasteiger partial charge in [0, 0.05) is 32.4 Å². The van der Waals surface area contributed by atoms with E-state index in [2.05, 4.69) is 58.7 Å². The highest BCUT2D eigenvalue weighted by Crippen LogP contribution is 2.29. The van der Waals surface area contributed by atoms with E-state index in [0.717, 1.165) is 26.2 Å². The van der Waals surface area contributed by atoms with Gasteiger partial charge in [0.05, 0.1) is 18.8 Å². The van der Waals surface area contributed by atoms with E-state index in [1.165, 1.54) is 11.1 Å². The highest BCUT2D eigenvalue weighted by atomic mass is 16.5. The zero-order valence-electron chi connectivity index (χ0n) is 19.2. The van der Waals surface area contributed by atoms with Crippen LogP contribution in [0.15, 0.2) is 96.7 Å². The van der Waals surface area contributed by atoms with Gasteiger partial charge in [-0.05, 0) is 23.3 Å². The molecule has 0 radical (unpaired) electrons. The molecule has 0 bridgehead atoms. The zero-order valence-corrected chi connectivity index (χ0v) is 19.2. The van der Waals surface area contributed by atoms with Crippen LogP contribution in [0.2, 0.25) is 0 Å². The van der Waals surface area contributed by atoms with Crippen LogP contribution in [0, 0.1) is 11.3 Å². The number of anilines is 1. The number of rotatable bonds is 7. The van der Waals surface area contributed by atoms with Gasteiger partial charge >= 0.3 is 0 Å². The number of amides is 1. The normalized spacial score (nSPS) is 14.5. The predicted molar refractivity (Wildman–Crippen MR) is 133 cm³/mol. The number of nitriles is 1. The van der Waals surface area contributed by atoms with Gasteiger partial charge in [0.2, 0.25) is 0 Å². The van der Waals surface area contributed by atoms with Crippen molar-refractivity contribution in [1.82, 2.24) is 9.80 Å². The first-order valence-corrected chi connectivity index (χ1v) is 11.3. The van der Waals surface area contributed by atoms with Gasteiger partial charge in [-0.3, -0.25) is 9.69 Å². The molecule has 3 aromatic rings. The van der Waals surface area contributed by atoms with E-state index in [0.29, 0.717) is 11.4 Å². The van der Waals surface area contributed by atoms with Crippen LogP contribution >= 0.6 is 0 Å². The van der Waals surface area contributed by atoms with Gasteiger partial charge in [0.15, 0.2) is 0 Å². The fourth-order valence-electron chi connectivity index (χ4n) is 4.27. The third-order valence-corrected chi connectivity index (χ3v) is 5.98. The number of hydrogen-bond acceptors (Lipinski definition) is 5. The molecule has 1 aliphatic heterocycles. The lowest BCUT2D eigenvalue weighted by Gasteiger charge is -2.39. The minimum Gasteiger partial charge on any atom is -0.495 e. The van der Waals surface area contributed by atoms with Crippen LogP contribution in [0.25, 0.3) is 0 Å². The van der Waals surface area contributed by atoms with Gasteiger partial charge < -0.3 is 15.0 Å². The molecular formula is C28H28N4O2. The number of para-hydroxylation sites is 2. The molecule has 1 saturated heterocycles. The second kappa shape index (κ2) is 11.2. The molecule has 1 amide bonds. The van der Waals surface area contributed by atoms with Crippen LogP contribution in [-0.4, -0.2) is 49.0 Å². The molecule has 172 valence electrons. The van der Waals surface area contributed by atoms with Crippen LogP contribution < -0.4 is 10.1 Å². The fraction of sp³-hybridized carbons (Fsp3) is 0.214. The average molecular weight is 453 g/mol. The van der Waals surface area contributed by atoms with E-state index in [1.807, 2.05) is 35.2 Å². The lowest BCUT2D eigenvalue weighted by Crippen LogP contribution is -2.46. The van der Waals surface area contributed by atoms with Gasteiger partial charge in [-0.2, -0.15) is 5.26 Å². The Bertz CT molecular complexity index is 1120. The molecule has 34 heavy (non-hydrogen) atoms. The first-order chi connectivity index (χ1) is 16.7. The summed E-state index contributed by atoms with van der Waals surface area (Å²) in [6.45, 7) is 3.09. The topological polar surface area (TPSA) is 68.6 Å². The summed E-state index contributed by atoms with van der Waals surface area (Å²) in [6.07, 6.45) is 1.67. The summed E-state index contributed by atoms with van der Waals surface area (Å²) in [5, 5.41) is 12.4. The van der Waals surface area contributed by atoms with Gasteiger partial charge in [-0.15, -0.1) is 0 Å². The van der Waals surface area contributed by atoms with Crippen LogP contribution in [-0.2, 0) is 4.79 Å². The summed E-state index contributed by atoms with van der Waals surface area (Å²) >= 11 is 0. The monoisotopic (exact) mass is 452 g/mol. The molecule has 0 atom stereocenters. The van der Waals surface area contributed by atoms with Crippen molar-refractivity contribution in [2.45, 2.75) is 6.04 Å². The minimum absolute atomic E-state index is 0.0713. The summed E-state index contributed by atoms with van der Waals surface area (Å²) in [7, 11) is 1.55. The second-order valence-electron chi connectivity index (χ2n) is 8.10. The highest BCUT2D eigenvalue weighted by molar-refractivity contribution is 6.07. The number of piperazine rings is 1. The quantitative estimate of drug-likeness (QED) is 0.424. The summed E-state index contributed by atoms with van der Waals surface area (Å²) in [5.74, 6) is 0.107. The molecule has 1 N–H and O–H groups in total. The van der Waals surface area contributed by atoms with Gasteiger partial charge in [0.25, 0.3) is 5.91 Å². The van der Waals surface area contributed by atoms with Crippen molar-refractivity contribution in [1.29, 1.82) is 5.26 Å². The van der Waals surface area contributed by atoms with Gasteiger partial charge in [0.1, 0.15) is 17.4 Å². The Kier molecular flexibility index (Phi) is 7.59. The van der Waals surface area contributed by atoms with Crippen molar-refractivity contribution in [3.05, 3.63) is 108 Å². The lowest BCUT2D eigenvalue weighted by atomic mass is 9.96. The molecule has 6 heteroatoms. The molecule has 3 aromatic carbocycles. The van der Waals surface area contributed by atoms with E-state index < -0.39 is 5.91 Å². The van der Waals surface area contributed by atoms with E-state index in [-0.39, 0.29) is 11.6 Å². The number of nitrogens with one attached hydrogen (secondary N) is 1. The number of nitrogens with zero attached hydrogens (tertiary/aromatic N) is 3. The Labute approximate surface area is 200 Å². The molecule has 1 fully saturated rings. The average Bonchev–Trinajstić information content (AvgIpc) is 2.90. The number of hydrogen-bond donors (Lipinski definition) is 1. The molecule has 0 spiro atoms. The number of carbonyl (C=O) groups excluding carboxylic acids is 1. The van der Waals surface area contributed by atoms with Crippen molar-refractivity contribution in [3.63, 3.8) is 0 Å². The number of carbonyl (C=O) groups is 1. The molecule has 1 heterocycles. The summed E-state index contributed by atoms with van der Waals surface area (Å²) in [4.78, 5) is 17.2. The summed E-state index contributed by atoms with van der Waals surface area (Å²) < 4.78 is 5.28. The number of benzene rings is 3. The molecule has 0 aromatic heterocycles. The van der Waals surface area contributed by atoms with E-state index in [4.69, 9.17) is 4.74 Å². The maximum atomic E-state index is 12.7. The fourth-order valence-corrected chi connectivity index (χ4v) is 4.27. The van der Waals surface area contributed by atoms with E-state index in [1.54, 1.807) is 25.4 Å². The SMILES string of the molecule is COc1ccccc1NC(=O)/C(C#N)=C\N1CCN(C(c2ccccc2)c2ccccc2)CC1. The maximum Gasteiger partial charge on any atom is 0.267 e. The van der Waals surface area contributed by atoms with Gasteiger partial charge in [-0.25, -0.2) is 0 Å². The standard InChI is InChI=1S/C28H28N4O2/c1-34-26-15-9-8-14-25(26)30-28(33)24(20-29)21-31-16-18-32(19-17-31)27(22-10-4-2-5-11-22)23-12-6-3-7-13-23/h2-15,21,27H,16-19H2,1H3,(H,30,33)/b24-21-. The summed E-state index contributed by atoms with van der Waals surface area (Å²) in [5.41, 5.74) is 3.12. The van der Waals surface area contributed by atoms with E-state index in [9.17, 15) is 10.1 Å². The molecule has 0 aliphatic carbocycles. The predicted octanol–water partition coefficient (Wildman–Crippen LogP) is 4.45. The number of methoxy groups -OCH3 is 1. The smallest absolute Gasteiger partial charge is 0.267 e. The van der Waals surface area contributed by atoms with Crippen molar-refractivity contribution in [2.24, 2.45) is 0 Å². The molecule has 1 aliphatic rings. The Morgan fingerprint density at radius 2 is 1.47 bits per heavy atom. The summed E-state index contributed by atoms with van der Waals surface area (Å²) in [6, 6.07) is 30.4. The van der Waals surface area contributed by atoms with Crippen LogP contribution in [0.4, 0.5) is 5.69 Å². The van der Waals surface area contributed by atoms with Crippen LogP contribution in [0.3, 0.4) is 0 Å². The lowest BCUT2D eigenvalue weighted by molar-refractivity contribution is -0.112. The molecule has 0 saturated carbocycles. The largest absolute Gasteiger partial charge is 0.495 e. The van der Waals surface area contributed by atoms with Crippen LogP contribution in [0.5, 0.6) is 5.75 Å². The maximum absolute atomic E-state index is 12.7. The third-order valence-electron chi connectivity index (χ3n) is 5.98. The van der Waals surface area contributed by atoms with Crippen molar-refractivity contribution >= 4 is 11.6 Å².